The van der Waals surface area contributed by atoms with Gasteiger partial charge in [-0.1, -0.05) is 11.6 Å². The van der Waals surface area contributed by atoms with Crippen LogP contribution in [-0.2, 0) is 10.9 Å². The number of morpholine rings is 1. The Bertz CT molecular complexity index is 1510. The molecule has 1 fully saturated rings. The normalized spacial score (nSPS) is 14.0. The summed E-state index contributed by atoms with van der Waals surface area (Å²) in [5.74, 6) is -0.743. The third-order valence-corrected chi connectivity index (χ3v) is 6.12. The minimum absolute atomic E-state index is 0.0305. The van der Waals surface area contributed by atoms with Crippen LogP contribution in [-0.4, -0.2) is 42.2 Å². The molecule has 7 nitrogen and oxygen atoms in total. The number of halogens is 5. The fourth-order valence-corrected chi connectivity index (χ4v) is 4.09. The predicted molar refractivity (Wildman–Crippen MR) is 133 cm³/mol. The van der Waals surface area contributed by atoms with Crippen LogP contribution in [0.25, 0.3) is 11.0 Å². The molecule has 0 bridgehead atoms. The Kier molecular flexibility index (Phi) is 7.04. The number of hydrogen-bond donors (Lipinski definition) is 1. The molecule has 0 atom stereocenters. The highest BCUT2D eigenvalue weighted by Crippen LogP contribution is 2.35. The van der Waals surface area contributed by atoms with Crippen LogP contribution in [0.2, 0.25) is 5.02 Å². The molecule has 1 saturated heterocycles. The molecule has 1 amide bonds. The number of carbonyl (C=O) groups is 1. The summed E-state index contributed by atoms with van der Waals surface area (Å²) in [6.07, 6.45) is -3.04. The number of fused-ring (bicyclic) bond motifs is 1. The Morgan fingerprint density at radius 3 is 2.55 bits per heavy atom. The van der Waals surface area contributed by atoms with Crippen molar-refractivity contribution in [3.63, 3.8) is 0 Å². The second-order valence-corrected chi connectivity index (χ2v) is 8.78. The summed E-state index contributed by atoms with van der Waals surface area (Å²) in [6.45, 7) is 2.61. The van der Waals surface area contributed by atoms with Gasteiger partial charge in [0.2, 0.25) is 0 Å². The van der Waals surface area contributed by atoms with Crippen LogP contribution < -0.4 is 15.0 Å². The maximum absolute atomic E-state index is 14.8. The SMILES string of the molecule is O=C(Nc1ccc(Oc2ccc3ncc(N4CCOCC4)nc3c2)c(F)c1)c1ccc(Cl)c(C(F)(F)F)c1. The van der Waals surface area contributed by atoms with Gasteiger partial charge < -0.3 is 19.7 Å². The molecule has 3 aromatic carbocycles. The van der Waals surface area contributed by atoms with Gasteiger partial charge in [-0.05, 0) is 42.5 Å². The van der Waals surface area contributed by atoms with E-state index in [-0.39, 0.29) is 17.0 Å². The summed E-state index contributed by atoms with van der Waals surface area (Å²) in [4.78, 5) is 23.6. The van der Waals surface area contributed by atoms with Crippen molar-refractivity contribution < 1.29 is 31.8 Å². The lowest BCUT2D eigenvalue weighted by molar-refractivity contribution is -0.137. The van der Waals surface area contributed by atoms with Gasteiger partial charge in [-0.15, -0.1) is 0 Å². The molecular formula is C26H19ClF4N4O3. The number of amides is 1. The number of aromatic nitrogens is 2. The van der Waals surface area contributed by atoms with E-state index in [0.717, 1.165) is 18.2 Å². The van der Waals surface area contributed by atoms with Crippen molar-refractivity contribution in [3.8, 4) is 11.5 Å². The predicted octanol–water partition coefficient (Wildman–Crippen LogP) is 6.32. The van der Waals surface area contributed by atoms with Crippen molar-refractivity contribution >= 4 is 40.0 Å². The molecule has 1 aromatic heterocycles. The molecule has 2 heterocycles. The van der Waals surface area contributed by atoms with Gasteiger partial charge in [-0.25, -0.2) is 9.37 Å². The van der Waals surface area contributed by atoms with Crippen LogP contribution in [0.1, 0.15) is 15.9 Å². The number of hydrogen-bond acceptors (Lipinski definition) is 6. The molecular weight excluding hydrogens is 528 g/mol. The average Bonchev–Trinajstić information content (AvgIpc) is 2.90. The van der Waals surface area contributed by atoms with E-state index in [0.29, 0.717) is 55.0 Å². The number of nitrogens with one attached hydrogen (secondary N) is 1. The first kappa shape index (κ1) is 25.7. The monoisotopic (exact) mass is 546 g/mol. The maximum atomic E-state index is 14.8. The second kappa shape index (κ2) is 10.4. The topological polar surface area (TPSA) is 76.6 Å². The van der Waals surface area contributed by atoms with Gasteiger partial charge >= 0.3 is 6.18 Å². The largest absolute Gasteiger partial charge is 0.454 e. The Balaban J connectivity index is 1.31. The minimum Gasteiger partial charge on any atom is -0.454 e. The zero-order valence-corrected chi connectivity index (χ0v) is 20.3. The molecule has 5 rings (SSSR count). The smallest absolute Gasteiger partial charge is 0.417 e. The van der Waals surface area contributed by atoms with Gasteiger partial charge in [0, 0.05) is 36.5 Å². The number of anilines is 2. The maximum Gasteiger partial charge on any atom is 0.417 e. The Morgan fingerprint density at radius 2 is 1.82 bits per heavy atom. The lowest BCUT2D eigenvalue weighted by Crippen LogP contribution is -2.36. The first-order valence-electron chi connectivity index (χ1n) is 11.4. The second-order valence-electron chi connectivity index (χ2n) is 8.37. The fourth-order valence-electron chi connectivity index (χ4n) is 3.87. The number of carbonyl (C=O) groups excluding carboxylic acids is 1. The molecule has 1 aliphatic rings. The van der Waals surface area contributed by atoms with Crippen LogP contribution in [0.5, 0.6) is 11.5 Å². The first-order chi connectivity index (χ1) is 18.2. The standard InChI is InChI=1S/C26H19ClF4N4O3/c27-19-4-1-15(11-18(19)26(29,30)31)25(36)33-16-2-6-23(20(28)12-16)38-17-3-5-21-22(13-17)34-24(14-32-21)35-7-9-37-10-8-35/h1-6,11-14H,7-10H2,(H,33,36). The zero-order chi connectivity index (χ0) is 26.9. The van der Waals surface area contributed by atoms with E-state index in [9.17, 15) is 22.4 Å². The molecule has 0 spiro atoms. The van der Waals surface area contributed by atoms with Gasteiger partial charge in [-0.3, -0.25) is 9.78 Å². The molecule has 0 radical (unpaired) electrons. The summed E-state index contributed by atoms with van der Waals surface area (Å²) >= 11 is 5.60. The van der Waals surface area contributed by atoms with E-state index in [1.165, 1.54) is 12.1 Å². The highest BCUT2D eigenvalue weighted by Gasteiger charge is 2.33. The van der Waals surface area contributed by atoms with E-state index < -0.39 is 28.5 Å². The average molecular weight is 547 g/mol. The van der Waals surface area contributed by atoms with Crippen LogP contribution >= 0.6 is 11.6 Å². The number of nitrogens with zero attached hydrogens (tertiary/aromatic N) is 3. The van der Waals surface area contributed by atoms with Crippen LogP contribution in [0.3, 0.4) is 0 Å². The highest BCUT2D eigenvalue weighted by molar-refractivity contribution is 6.31. The van der Waals surface area contributed by atoms with Crippen molar-refractivity contribution in [2.24, 2.45) is 0 Å². The summed E-state index contributed by atoms with van der Waals surface area (Å²) in [5, 5.41) is 1.84. The van der Waals surface area contributed by atoms with Gasteiger partial charge in [0.05, 0.1) is 41.0 Å². The highest BCUT2D eigenvalue weighted by atomic mass is 35.5. The van der Waals surface area contributed by atoms with Crippen LogP contribution in [0.15, 0.2) is 60.8 Å². The quantitative estimate of drug-likeness (QED) is 0.295. The molecule has 0 saturated carbocycles. The van der Waals surface area contributed by atoms with Crippen molar-refractivity contribution in [3.05, 3.63) is 82.8 Å². The Hall–Kier alpha value is -3.96. The van der Waals surface area contributed by atoms with Gasteiger partial charge in [0.15, 0.2) is 11.6 Å². The van der Waals surface area contributed by atoms with Crippen LogP contribution in [0, 0.1) is 5.82 Å². The summed E-state index contributed by atoms with van der Waals surface area (Å²) < 4.78 is 65.1. The minimum atomic E-state index is -4.73. The van der Waals surface area contributed by atoms with E-state index in [1.807, 2.05) is 0 Å². The third-order valence-electron chi connectivity index (χ3n) is 5.79. The fraction of sp³-hybridized carbons (Fsp3) is 0.192. The zero-order valence-electron chi connectivity index (χ0n) is 19.6. The number of rotatable bonds is 5. The van der Waals surface area contributed by atoms with E-state index >= 15 is 0 Å². The number of ether oxygens (including phenoxy) is 2. The molecule has 196 valence electrons. The Morgan fingerprint density at radius 1 is 1.03 bits per heavy atom. The summed E-state index contributed by atoms with van der Waals surface area (Å²) in [5.41, 5.74) is -0.182. The number of benzene rings is 3. The first-order valence-corrected chi connectivity index (χ1v) is 11.8. The number of alkyl halides is 3. The summed E-state index contributed by atoms with van der Waals surface area (Å²) in [7, 11) is 0. The van der Waals surface area contributed by atoms with E-state index in [4.69, 9.17) is 21.1 Å². The van der Waals surface area contributed by atoms with Crippen molar-refractivity contribution in [1.29, 1.82) is 0 Å². The lowest BCUT2D eigenvalue weighted by atomic mass is 10.1. The lowest BCUT2D eigenvalue weighted by Gasteiger charge is -2.27. The molecule has 38 heavy (non-hydrogen) atoms. The van der Waals surface area contributed by atoms with Gasteiger partial charge in [0.1, 0.15) is 11.6 Å². The molecule has 1 aliphatic heterocycles. The van der Waals surface area contributed by atoms with Crippen molar-refractivity contribution in [1.82, 2.24) is 9.97 Å². The van der Waals surface area contributed by atoms with Crippen LogP contribution in [0.4, 0.5) is 29.1 Å². The molecule has 0 unspecified atom stereocenters. The van der Waals surface area contributed by atoms with Crippen molar-refractivity contribution in [2.75, 3.05) is 36.5 Å². The Labute approximate surface area is 219 Å². The molecule has 4 aromatic rings. The third kappa shape index (κ3) is 5.63. The molecule has 0 aliphatic carbocycles. The summed E-state index contributed by atoms with van der Waals surface area (Å²) in [6, 6.07) is 11.4. The van der Waals surface area contributed by atoms with Gasteiger partial charge in [0.25, 0.3) is 5.91 Å². The molecule has 1 N–H and O–H groups in total. The van der Waals surface area contributed by atoms with E-state index in [1.54, 1.807) is 24.4 Å². The van der Waals surface area contributed by atoms with Crippen molar-refractivity contribution in [2.45, 2.75) is 6.18 Å². The van der Waals surface area contributed by atoms with Gasteiger partial charge in [-0.2, -0.15) is 13.2 Å². The molecule has 12 heteroatoms. The van der Waals surface area contributed by atoms with E-state index in [2.05, 4.69) is 20.2 Å².